The number of ketones is 3. The van der Waals surface area contributed by atoms with Crippen LogP contribution in [-0.4, -0.2) is 48.3 Å². The summed E-state index contributed by atoms with van der Waals surface area (Å²) in [5.74, 6) is -2.81. The number of carbonyl (C=O) groups is 3. The number of benzene rings is 2. The lowest BCUT2D eigenvalue weighted by atomic mass is 9.70. The maximum atomic E-state index is 14.0. The SMILES string of the molecule is CC(=O)c1c(O)c(C)c(O)c2c1OC1=CC(=O)C(=C(C)Nc3cccc(N4CCCCS4(=O)=O)c3)C(=O)C12C. The maximum Gasteiger partial charge on any atom is 0.235 e. The highest BCUT2D eigenvalue weighted by molar-refractivity contribution is 7.92. The van der Waals surface area contributed by atoms with E-state index >= 15 is 0 Å². The van der Waals surface area contributed by atoms with Crippen LogP contribution in [0.25, 0.3) is 0 Å². The quantitative estimate of drug-likeness (QED) is 0.294. The number of ether oxygens (including phenoxy) is 1. The van der Waals surface area contributed by atoms with Crippen LogP contribution >= 0.6 is 0 Å². The van der Waals surface area contributed by atoms with E-state index < -0.39 is 44.3 Å². The molecule has 1 aliphatic carbocycles. The standard InChI is InChI=1S/C28H28N2O8S/c1-14-24(33)22(16(3)31)26-23(25(14)34)28(4)20(38-26)13-19(32)21(27(28)35)15(2)29-17-8-7-9-18(12-17)30-10-5-6-11-39(30,36)37/h7-9,12-13,29,33-34H,5-6,10-11H2,1-4H3. The van der Waals surface area contributed by atoms with Crippen molar-refractivity contribution in [1.29, 1.82) is 0 Å². The molecule has 2 heterocycles. The summed E-state index contributed by atoms with van der Waals surface area (Å²) in [5.41, 5.74) is -0.792. The Hall–Kier alpha value is -4.12. The van der Waals surface area contributed by atoms with Gasteiger partial charge in [0.25, 0.3) is 0 Å². The summed E-state index contributed by atoms with van der Waals surface area (Å²) in [7, 11) is -3.43. The number of hydrogen-bond acceptors (Lipinski definition) is 9. The highest BCUT2D eigenvalue weighted by Gasteiger charge is 2.56. The molecule has 1 saturated heterocycles. The maximum absolute atomic E-state index is 14.0. The molecule has 1 unspecified atom stereocenters. The summed E-state index contributed by atoms with van der Waals surface area (Å²) in [6, 6.07) is 6.69. The molecule has 0 amide bonds. The van der Waals surface area contributed by atoms with Crippen molar-refractivity contribution in [2.45, 2.75) is 46.0 Å². The Morgan fingerprint density at radius 2 is 1.85 bits per heavy atom. The molecule has 3 N–H and O–H groups in total. The predicted octanol–water partition coefficient (Wildman–Crippen LogP) is 3.61. The molecule has 2 aromatic rings. The van der Waals surface area contributed by atoms with Gasteiger partial charge in [0.2, 0.25) is 10.0 Å². The normalized spacial score (nSPS) is 23.0. The highest BCUT2D eigenvalue weighted by Crippen LogP contribution is 2.57. The Labute approximate surface area is 225 Å². The first-order chi connectivity index (χ1) is 18.3. The number of nitrogens with zero attached hydrogens (tertiary/aromatic N) is 1. The summed E-state index contributed by atoms with van der Waals surface area (Å²) in [4.78, 5) is 39.5. The number of sulfonamides is 1. The van der Waals surface area contributed by atoms with Gasteiger partial charge in [0.15, 0.2) is 17.3 Å². The van der Waals surface area contributed by atoms with Crippen molar-refractivity contribution < 1.29 is 37.8 Å². The van der Waals surface area contributed by atoms with Crippen LogP contribution < -0.4 is 14.4 Å². The number of fused-ring (bicyclic) bond motifs is 3. The van der Waals surface area contributed by atoms with Gasteiger partial charge in [0.1, 0.15) is 34.0 Å². The van der Waals surface area contributed by atoms with Crippen LogP contribution in [0.4, 0.5) is 11.4 Å². The molecule has 1 atom stereocenters. The number of phenolic OH excluding ortho intramolecular Hbond substituents is 2. The van der Waals surface area contributed by atoms with Crippen molar-refractivity contribution >= 4 is 38.7 Å². The Morgan fingerprint density at radius 1 is 1.13 bits per heavy atom. The van der Waals surface area contributed by atoms with Gasteiger partial charge in [-0.2, -0.15) is 0 Å². The first-order valence-corrected chi connectivity index (χ1v) is 14.1. The summed E-state index contributed by atoms with van der Waals surface area (Å²) < 4.78 is 32.3. The number of Topliss-reactive ketones (excluding diaryl/α,β-unsaturated/α-hetero) is 2. The number of rotatable bonds is 4. The summed E-state index contributed by atoms with van der Waals surface area (Å²) in [5, 5.41) is 24.5. The lowest BCUT2D eigenvalue weighted by Gasteiger charge is -2.29. The van der Waals surface area contributed by atoms with E-state index in [1.165, 1.54) is 25.1 Å². The Bertz CT molecular complexity index is 1650. The van der Waals surface area contributed by atoms with E-state index in [4.69, 9.17) is 4.74 Å². The predicted molar refractivity (Wildman–Crippen MR) is 144 cm³/mol. The molecule has 0 radical (unpaired) electrons. The molecule has 39 heavy (non-hydrogen) atoms. The van der Waals surface area contributed by atoms with Crippen molar-refractivity contribution in [2.24, 2.45) is 0 Å². The van der Waals surface area contributed by atoms with Gasteiger partial charge in [-0.25, -0.2) is 8.42 Å². The zero-order valence-electron chi connectivity index (χ0n) is 21.9. The fourth-order valence-electron chi connectivity index (χ4n) is 5.46. The third kappa shape index (κ3) is 3.91. The van der Waals surface area contributed by atoms with Crippen LogP contribution in [0.2, 0.25) is 0 Å². The minimum Gasteiger partial charge on any atom is -0.507 e. The van der Waals surface area contributed by atoms with Crippen molar-refractivity contribution in [3.8, 4) is 17.2 Å². The summed E-state index contributed by atoms with van der Waals surface area (Å²) >= 11 is 0. The van der Waals surface area contributed by atoms with E-state index in [0.717, 1.165) is 12.5 Å². The topological polar surface area (TPSA) is 150 Å². The van der Waals surface area contributed by atoms with E-state index in [0.29, 0.717) is 24.3 Å². The molecule has 3 aliphatic rings. The number of carbonyl (C=O) groups excluding carboxylic acids is 3. The van der Waals surface area contributed by atoms with E-state index in [1.54, 1.807) is 31.2 Å². The molecule has 0 bridgehead atoms. The second kappa shape index (κ2) is 8.98. The van der Waals surface area contributed by atoms with Gasteiger partial charge in [-0.3, -0.25) is 18.7 Å². The minimum atomic E-state index is -3.43. The number of aromatic hydroxyl groups is 2. The molecule has 10 nitrogen and oxygen atoms in total. The molecule has 2 aromatic carbocycles. The Morgan fingerprint density at radius 3 is 2.51 bits per heavy atom. The van der Waals surface area contributed by atoms with Gasteiger partial charge < -0.3 is 20.3 Å². The van der Waals surface area contributed by atoms with Gasteiger partial charge >= 0.3 is 0 Å². The molecule has 1 fully saturated rings. The van der Waals surface area contributed by atoms with E-state index in [9.17, 15) is 33.0 Å². The van der Waals surface area contributed by atoms with Crippen LogP contribution in [0.3, 0.4) is 0 Å². The number of anilines is 2. The van der Waals surface area contributed by atoms with Gasteiger partial charge in [-0.1, -0.05) is 6.07 Å². The van der Waals surface area contributed by atoms with Crippen LogP contribution in [-0.2, 0) is 25.0 Å². The fourth-order valence-corrected chi connectivity index (χ4v) is 7.09. The highest BCUT2D eigenvalue weighted by atomic mass is 32.2. The van der Waals surface area contributed by atoms with E-state index in [-0.39, 0.29) is 45.2 Å². The van der Waals surface area contributed by atoms with E-state index in [1.807, 2.05) is 0 Å². The first kappa shape index (κ1) is 26.5. The lowest BCUT2D eigenvalue weighted by Crippen LogP contribution is -2.40. The molecular formula is C28H28N2O8S. The lowest BCUT2D eigenvalue weighted by molar-refractivity contribution is -0.123. The largest absolute Gasteiger partial charge is 0.507 e. The van der Waals surface area contributed by atoms with Crippen LogP contribution in [0.5, 0.6) is 17.2 Å². The van der Waals surface area contributed by atoms with Crippen molar-refractivity contribution in [3.63, 3.8) is 0 Å². The van der Waals surface area contributed by atoms with Crippen LogP contribution in [0, 0.1) is 6.92 Å². The molecule has 0 aromatic heterocycles. The summed E-state index contributed by atoms with van der Waals surface area (Å²) in [6.45, 7) is 6.06. The number of allylic oxidation sites excluding steroid dienone is 4. The van der Waals surface area contributed by atoms with Gasteiger partial charge in [0, 0.05) is 29.6 Å². The van der Waals surface area contributed by atoms with E-state index in [2.05, 4.69) is 5.32 Å². The average Bonchev–Trinajstić information content (AvgIpc) is 3.15. The van der Waals surface area contributed by atoms with Crippen LogP contribution in [0.1, 0.15) is 55.1 Å². The van der Waals surface area contributed by atoms with Crippen LogP contribution in [0.15, 0.2) is 47.4 Å². The molecule has 0 spiro atoms. The minimum absolute atomic E-state index is 0.00866. The monoisotopic (exact) mass is 552 g/mol. The average molecular weight is 553 g/mol. The van der Waals surface area contributed by atoms with Crippen molar-refractivity contribution in [3.05, 3.63) is 64.1 Å². The molecule has 204 valence electrons. The third-order valence-electron chi connectivity index (χ3n) is 7.58. The number of hydrogen-bond donors (Lipinski definition) is 3. The third-order valence-corrected chi connectivity index (χ3v) is 9.44. The second-order valence-corrected chi connectivity index (χ2v) is 12.2. The summed E-state index contributed by atoms with van der Waals surface area (Å²) in [6.07, 6.45) is 2.50. The second-order valence-electron chi connectivity index (χ2n) is 10.2. The van der Waals surface area contributed by atoms with Crippen molar-refractivity contribution in [2.75, 3.05) is 21.9 Å². The molecule has 2 aliphatic heterocycles. The van der Waals surface area contributed by atoms with Crippen molar-refractivity contribution in [1.82, 2.24) is 0 Å². The molecule has 0 saturated carbocycles. The first-order valence-electron chi connectivity index (χ1n) is 12.5. The number of nitrogens with one attached hydrogen (secondary N) is 1. The number of phenols is 2. The molecule has 5 rings (SSSR count). The Balaban J connectivity index is 1.57. The van der Waals surface area contributed by atoms with Gasteiger partial charge in [0.05, 0.1) is 22.6 Å². The van der Waals surface area contributed by atoms with Gasteiger partial charge in [-0.15, -0.1) is 0 Å². The zero-order valence-corrected chi connectivity index (χ0v) is 22.7. The molecule has 11 heteroatoms. The fraction of sp³-hybridized carbons (Fsp3) is 0.321. The van der Waals surface area contributed by atoms with Gasteiger partial charge in [-0.05, 0) is 58.7 Å². The molecular weight excluding hydrogens is 524 g/mol. The Kier molecular flexibility index (Phi) is 6.10. The zero-order chi connectivity index (χ0) is 28.4. The smallest absolute Gasteiger partial charge is 0.235 e.